The van der Waals surface area contributed by atoms with Crippen LogP contribution in [-0.2, 0) is 4.79 Å². The zero-order valence-corrected chi connectivity index (χ0v) is 10.8. The summed E-state index contributed by atoms with van der Waals surface area (Å²) in [5, 5.41) is 0. The molecule has 0 radical (unpaired) electrons. The Balaban J connectivity index is 1.71. The van der Waals surface area contributed by atoms with Crippen LogP contribution in [0.2, 0.25) is 0 Å². The van der Waals surface area contributed by atoms with Crippen molar-refractivity contribution < 1.29 is 9.53 Å². The quantitative estimate of drug-likeness (QED) is 0.782. The molecule has 2 N–H and O–H groups in total. The van der Waals surface area contributed by atoms with Crippen LogP contribution in [0, 0.1) is 5.92 Å². The number of carbonyl (C=O) groups excluding carboxylic acids is 1. The van der Waals surface area contributed by atoms with Crippen LogP contribution in [0.1, 0.15) is 19.3 Å². The van der Waals surface area contributed by atoms with Crippen LogP contribution >= 0.6 is 0 Å². The van der Waals surface area contributed by atoms with Crippen LogP contribution in [0.15, 0.2) is 24.3 Å². The third-order valence-corrected chi connectivity index (χ3v) is 3.15. The van der Waals surface area contributed by atoms with Gasteiger partial charge in [-0.25, -0.2) is 0 Å². The molecule has 0 saturated heterocycles. The summed E-state index contributed by atoms with van der Waals surface area (Å²) < 4.78 is 5.51. The fourth-order valence-corrected chi connectivity index (χ4v) is 1.84. The van der Waals surface area contributed by atoms with Gasteiger partial charge in [-0.2, -0.15) is 0 Å². The Hall–Kier alpha value is -1.71. The molecule has 1 amide bonds. The van der Waals surface area contributed by atoms with Crippen molar-refractivity contribution in [2.45, 2.75) is 19.3 Å². The third kappa shape index (κ3) is 3.65. The van der Waals surface area contributed by atoms with Gasteiger partial charge in [0.15, 0.2) is 0 Å². The maximum absolute atomic E-state index is 11.8. The Morgan fingerprint density at radius 2 is 2.17 bits per heavy atom. The van der Waals surface area contributed by atoms with Crippen molar-refractivity contribution in [2.24, 2.45) is 5.92 Å². The highest BCUT2D eigenvalue weighted by Gasteiger charge is 2.24. The highest BCUT2D eigenvalue weighted by Crippen LogP contribution is 2.29. The van der Waals surface area contributed by atoms with E-state index in [1.54, 1.807) is 11.0 Å². The van der Waals surface area contributed by atoms with Gasteiger partial charge in [-0.15, -0.1) is 0 Å². The molecular weight excluding hydrogens is 228 g/mol. The maximum Gasteiger partial charge on any atom is 0.225 e. The van der Waals surface area contributed by atoms with Gasteiger partial charge in [-0.1, -0.05) is 12.1 Å². The van der Waals surface area contributed by atoms with Crippen LogP contribution in [0.3, 0.4) is 0 Å². The molecule has 0 unspecified atom stereocenters. The van der Waals surface area contributed by atoms with Gasteiger partial charge in [0.25, 0.3) is 0 Å². The summed E-state index contributed by atoms with van der Waals surface area (Å²) in [6.07, 6.45) is 2.92. The normalized spacial score (nSPS) is 14.3. The van der Waals surface area contributed by atoms with Crippen molar-refractivity contribution in [3.05, 3.63) is 24.3 Å². The molecule has 1 aromatic carbocycles. The average molecular weight is 248 g/mol. The number of para-hydroxylation sites is 2. The molecule has 1 fully saturated rings. The SMILES string of the molecule is CN(CC1CC1)C(=O)CCOc1ccccc1N. The van der Waals surface area contributed by atoms with Gasteiger partial charge in [-0.3, -0.25) is 4.79 Å². The smallest absolute Gasteiger partial charge is 0.225 e. The lowest BCUT2D eigenvalue weighted by Gasteiger charge is -2.17. The number of nitrogens with two attached hydrogens (primary N) is 1. The molecule has 0 atom stereocenters. The predicted molar refractivity (Wildman–Crippen MR) is 71.3 cm³/mol. The Labute approximate surface area is 108 Å². The molecule has 18 heavy (non-hydrogen) atoms. The van der Waals surface area contributed by atoms with E-state index in [1.165, 1.54) is 12.8 Å². The van der Waals surface area contributed by atoms with Crippen LogP contribution in [0.4, 0.5) is 5.69 Å². The minimum Gasteiger partial charge on any atom is -0.491 e. The predicted octanol–water partition coefficient (Wildman–Crippen LogP) is 1.91. The molecule has 1 saturated carbocycles. The second-order valence-corrected chi connectivity index (χ2v) is 4.85. The first-order valence-electron chi connectivity index (χ1n) is 6.38. The second kappa shape index (κ2) is 5.76. The van der Waals surface area contributed by atoms with E-state index in [0.29, 0.717) is 24.5 Å². The number of anilines is 1. The fourth-order valence-electron chi connectivity index (χ4n) is 1.84. The van der Waals surface area contributed by atoms with E-state index in [0.717, 1.165) is 12.5 Å². The Morgan fingerprint density at radius 1 is 1.44 bits per heavy atom. The first-order chi connectivity index (χ1) is 8.66. The Kier molecular flexibility index (Phi) is 4.07. The molecule has 98 valence electrons. The van der Waals surface area contributed by atoms with Crippen LogP contribution in [0.5, 0.6) is 5.75 Å². The number of ether oxygens (including phenoxy) is 1. The standard InChI is InChI=1S/C14H20N2O2/c1-16(10-11-6-7-11)14(17)8-9-18-13-5-3-2-4-12(13)15/h2-5,11H,6-10,15H2,1H3. The van der Waals surface area contributed by atoms with Gasteiger partial charge in [0.1, 0.15) is 5.75 Å². The van der Waals surface area contributed by atoms with E-state index in [2.05, 4.69) is 0 Å². The summed E-state index contributed by atoms with van der Waals surface area (Å²) in [5.74, 6) is 1.51. The van der Waals surface area contributed by atoms with E-state index in [9.17, 15) is 4.79 Å². The third-order valence-electron chi connectivity index (χ3n) is 3.15. The summed E-state index contributed by atoms with van der Waals surface area (Å²) in [5.41, 5.74) is 6.36. The molecule has 1 aromatic rings. The van der Waals surface area contributed by atoms with Crippen molar-refractivity contribution in [3.63, 3.8) is 0 Å². The largest absolute Gasteiger partial charge is 0.491 e. The molecule has 4 nitrogen and oxygen atoms in total. The minimum absolute atomic E-state index is 0.136. The van der Waals surface area contributed by atoms with Gasteiger partial charge in [0.05, 0.1) is 18.7 Å². The zero-order chi connectivity index (χ0) is 13.0. The first kappa shape index (κ1) is 12.7. The minimum atomic E-state index is 0.136. The number of hydrogen-bond donors (Lipinski definition) is 1. The van der Waals surface area contributed by atoms with E-state index < -0.39 is 0 Å². The second-order valence-electron chi connectivity index (χ2n) is 4.85. The highest BCUT2D eigenvalue weighted by atomic mass is 16.5. The van der Waals surface area contributed by atoms with E-state index in [-0.39, 0.29) is 5.91 Å². The molecule has 0 spiro atoms. The van der Waals surface area contributed by atoms with Gasteiger partial charge in [0, 0.05) is 13.6 Å². The number of carbonyl (C=O) groups is 1. The van der Waals surface area contributed by atoms with Crippen LogP contribution in [0.25, 0.3) is 0 Å². The summed E-state index contributed by atoms with van der Waals surface area (Å²) in [6.45, 7) is 1.26. The lowest BCUT2D eigenvalue weighted by atomic mass is 10.3. The van der Waals surface area contributed by atoms with Gasteiger partial charge in [-0.05, 0) is 30.9 Å². The number of amides is 1. The Morgan fingerprint density at radius 3 is 2.83 bits per heavy atom. The first-order valence-corrected chi connectivity index (χ1v) is 6.38. The number of benzene rings is 1. The van der Waals surface area contributed by atoms with Crippen LogP contribution in [-0.4, -0.2) is 31.0 Å². The summed E-state index contributed by atoms with van der Waals surface area (Å²) >= 11 is 0. The molecule has 1 aliphatic rings. The Bertz CT molecular complexity index is 416. The van der Waals surface area contributed by atoms with Crippen molar-refractivity contribution in [3.8, 4) is 5.75 Å². The van der Waals surface area contributed by atoms with E-state index in [4.69, 9.17) is 10.5 Å². The van der Waals surface area contributed by atoms with Gasteiger partial charge in [0.2, 0.25) is 5.91 Å². The molecule has 0 bridgehead atoms. The molecule has 0 aromatic heterocycles. The highest BCUT2D eigenvalue weighted by molar-refractivity contribution is 5.76. The number of nitrogen functional groups attached to an aromatic ring is 1. The van der Waals surface area contributed by atoms with E-state index >= 15 is 0 Å². The molecule has 0 heterocycles. The fraction of sp³-hybridized carbons (Fsp3) is 0.500. The molecule has 4 heteroatoms. The van der Waals surface area contributed by atoms with E-state index in [1.807, 2.05) is 25.2 Å². The number of nitrogens with zero attached hydrogens (tertiary/aromatic N) is 1. The summed E-state index contributed by atoms with van der Waals surface area (Å²) in [4.78, 5) is 13.6. The van der Waals surface area contributed by atoms with Crippen LogP contribution < -0.4 is 10.5 Å². The van der Waals surface area contributed by atoms with Crippen molar-refractivity contribution in [2.75, 3.05) is 25.9 Å². The lowest BCUT2D eigenvalue weighted by Crippen LogP contribution is -2.29. The maximum atomic E-state index is 11.8. The lowest BCUT2D eigenvalue weighted by molar-refractivity contribution is -0.130. The van der Waals surface area contributed by atoms with Crippen molar-refractivity contribution in [1.82, 2.24) is 4.90 Å². The zero-order valence-electron chi connectivity index (χ0n) is 10.8. The topological polar surface area (TPSA) is 55.6 Å². The number of hydrogen-bond acceptors (Lipinski definition) is 3. The summed E-state index contributed by atoms with van der Waals surface area (Å²) in [6, 6.07) is 7.33. The van der Waals surface area contributed by atoms with Gasteiger partial charge >= 0.3 is 0 Å². The van der Waals surface area contributed by atoms with Gasteiger partial charge < -0.3 is 15.4 Å². The summed E-state index contributed by atoms with van der Waals surface area (Å²) in [7, 11) is 1.86. The molecule has 0 aliphatic heterocycles. The molecule has 2 rings (SSSR count). The average Bonchev–Trinajstić information content (AvgIpc) is 3.15. The van der Waals surface area contributed by atoms with Crippen molar-refractivity contribution >= 4 is 11.6 Å². The monoisotopic (exact) mass is 248 g/mol. The number of rotatable bonds is 6. The van der Waals surface area contributed by atoms with Crippen molar-refractivity contribution in [1.29, 1.82) is 0 Å². The molecular formula is C14H20N2O2. The molecule has 1 aliphatic carbocycles.